The molecule has 1 aliphatic rings. The van der Waals surface area contributed by atoms with Gasteiger partial charge in [-0.05, 0) is 56.4 Å². The highest BCUT2D eigenvalue weighted by Gasteiger charge is 2.18. The Morgan fingerprint density at radius 2 is 1.75 bits per heavy atom. The van der Waals surface area contributed by atoms with Gasteiger partial charge in [0.2, 0.25) is 5.91 Å². The Hall–Kier alpha value is -2.67. The maximum atomic E-state index is 12.3. The number of rotatable bonds is 5. The number of hydrogen-bond acceptors (Lipinski definition) is 4. The average molecular weight is 400 g/mol. The van der Waals surface area contributed by atoms with Gasteiger partial charge < -0.3 is 5.32 Å². The second kappa shape index (κ2) is 9.50. The van der Waals surface area contributed by atoms with Gasteiger partial charge in [0.15, 0.2) is 0 Å². The van der Waals surface area contributed by atoms with E-state index in [4.69, 9.17) is 0 Å². The molecule has 2 aromatic rings. The molecule has 28 heavy (non-hydrogen) atoms. The van der Waals surface area contributed by atoms with Crippen molar-refractivity contribution in [3.8, 4) is 0 Å². The highest BCUT2D eigenvalue weighted by atomic mass is 32.1. The predicted octanol–water partition coefficient (Wildman–Crippen LogP) is 2.99. The minimum absolute atomic E-state index is 0.0692. The third-order valence-corrected chi connectivity index (χ3v) is 5.93. The number of aryl methyl sites for hydroxylation is 2. The van der Waals surface area contributed by atoms with Crippen molar-refractivity contribution < 1.29 is 14.4 Å². The number of benzene rings is 1. The molecule has 1 aromatic carbocycles. The van der Waals surface area contributed by atoms with Gasteiger partial charge in [-0.1, -0.05) is 24.6 Å². The highest BCUT2D eigenvalue weighted by molar-refractivity contribution is 7.14. The molecular formula is C21H25N3O3S. The molecule has 0 bridgehead atoms. The van der Waals surface area contributed by atoms with Gasteiger partial charge in [-0.3, -0.25) is 25.2 Å². The number of carbonyl (C=O) groups excluding carboxylic acids is 3. The third kappa shape index (κ3) is 5.42. The molecule has 3 N–H and O–H groups in total. The SMILES string of the molecule is CC(CC(=O)NNC(=O)c1cc2c(s1)CCCCC2)NC(=O)c1ccccc1. The lowest BCUT2D eigenvalue weighted by molar-refractivity contribution is -0.122. The van der Waals surface area contributed by atoms with Crippen molar-refractivity contribution in [2.45, 2.75) is 51.5 Å². The number of carbonyl (C=O) groups is 3. The van der Waals surface area contributed by atoms with E-state index in [2.05, 4.69) is 16.2 Å². The molecule has 0 saturated heterocycles. The second-order valence-electron chi connectivity index (χ2n) is 7.07. The maximum absolute atomic E-state index is 12.3. The van der Waals surface area contributed by atoms with Gasteiger partial charge >= 0.3 is 0 Å². The van der Waals surface area contributed by atoms with Crippen LogP contribution in [0.3, 0.4) is 0 Å². The van der Waals surface area contributed by atoms with Crippen LogP contribution in [-0.2, 0) is 17.6 Å². The van der Waals surface area contributed by atoms with E-state index in [1.165, 1.54) is 28.2 Å². The smallest absolute Gasteiger partial charge is 0.279 e. The van der Waals surface area contributed by atoms with Crippen LogP contribution in [0, 0.1) is 0 Å². The molecule has 1 aliphatic carbocycles. The average Bonchev–Trinajstić information content (AvgIpc) is 2.97. The van der Waals surface area contributed by atoms with Crippen LogP contribution in [0.1, 0.15) is 63.1 Å². The van der Waals surface area contributed by atoms with Gasteiger partial charge in [0.05, 0.1) is 4.88 Å². The van der Waals surface area contributed by atoms with Gasteiger partial charge in [0.1, 0.15) is 0 Å². The summed E-state index contributed by atoms with van der Waals surface area (Å²) in [4.78, 5) is 38.4. The van der Waals surface area contributed by atoms with Gasteiger partial charge in [0, 0.05) is 22.9 Å². The molecule has 1 unspecified atom stereocenters. The van der Waals surface area contributed by atoms with Crippen molar-refractivity contribution in [2.24, 2.45) is 0 Å². The summed E-state index contributed by atoms with van der Waals surface area (Å²) in [5, 5.41) is 2.77. The van der Waals surface area contributed by atoms with E-state index in [9.17, 15) is 14.4 Å². The third-order valence-electron chi connectivity index (χ3n) is 4.69. The number of fused-ring (bicyclic) bond motifs is 1. The highest BCUT2D eigenvalue weighted by Crippen LogP contribution is 2.28. The molecule has 0 radical (unpaired) electrons. The monoisotopic (exact) mass is 399 g/mol. The van der Waals surface area contributed by atoms with Crippen molar-refractivity contribution in [1.82, 2.24) is 16.2 Å². The molecule has 1 aromatic heterocycles. The van der Waals surface area contributed by atoms with E-state index in [1.807, 2.05) is 12.1 Å². The zero-order chi connectivity index (χ0) is 19.9. The van der Waals surface area contributed by atoms with Crippen LogP contribution in [-0.4, -0.2) is 23.8 Å². The lowest BCUT2D eigenvalue weighted by Crippen LogP contribution is -2.44. The first kappa shape index (κ1) is 20.1. The van der Waals surface area contributed by atoms with E-state index in [0.717, 1.165) is 25.7 Å². The van der Waals surface area contributed by atoms with Crippen molar-refractivity contribution in [2.75, 3.05) is 0 Å². The fourth-order valence-corrected chi connectivity index (χ4v) is 4.39. The lowest BCUT2D eigenvalue weighted by atomic mass is 10.1. The van der Waals surface area contributed by atoms with Gasteiger partial charge in [0.25, 0.3) is 11.8 Å². The van der Waals surface area contributed by atoms with E-state index < -0.39 is 0 Å². The molecule has 0 fully saturated rings. The molecule has 7 heteroatoms. The Morgan fingerprint density at radius 1 is 1.00 bits per heavy atom. The van der Waals surface area contributed by atoms with Crippen molar-refractivity contribution >= 4 is 29.1 Å². The number of nitrogens with one attached hydrogen (secondary N) is 3. The van der Waals surface area contributed by atoms with Crippen LogP contribution in [0.25, 0.3) is 0 Å². The Morgan fingerprint density at radius 3 is 2.54 bits per heavy atom. The summed E-state index contributed by atoms with van der Waals surface area (Å²) in [5.74, 6) is -0.884. The van der Waals surface area contributed by atoms with Crippen LogP contribution < -0.4 is 16.2 Å². The number of hydrogen-bond donors (Lipinski definition) is 3. The summed E-state index contributed by atoms with van der Waals surface area (Å²) >= 11 is 1.51. The van der Waals surface area contributed by atoms with Crippen LogP contribution in [0.5, 0.6) is 0 Å². The van der Waals surface area contributed by atoms with Crippen LogP contribution in [0.15, 0.2) is 36.4 Å². The normalized spacial score (nSPS) is 14.3. The van der Waals surface area contributed by atoms with Crippen LogP contribution in [0.2, 0.25) is 0 Å². The van der Waals surface area contributed by atoms with E-state index in [0.29, 0.717) is 10.4 Å². The number of hydrazine groups is 1. The van der Waals surface area contributed by atoms with Gasteiger partial charge in [-0.15, -0.1) is 11.3 Å². The fourth-order valence-electron chi connectivity index (χ4n) is 3.24. The Bertz CT molecular complexity index is 824. The van der Waals surface area contributed by atoms with E-state index >= 15 is 0 Å². The summed E-state index contributed by atoms with van der Waals surface area (Å²) in [7, 11) is 0. The molecule has 148 valence electrons. The van der Waals surface area contributed by atoms with Crippen molar-refractivity contribution in [3.63, 3.8) is 0 Å². The van der Waals surface area contributed by atoms with Gasteiger partial charge in [-0.25, -0.2) is 0 Å². The van der Waals surface area contributed by atoms with E-state index in [-0.39, 0.29) is 30.2 Å². The van der Waals surface area contributed by atoms with Gasteiger partial charge in [-0.2, -0.15) is 0 Å². The molecule has 3 amide bonds. The van der Waals surface area contributed by atoms with Crippen molar-refractivity contribution in [3.05, 3.63) is 57.3 Å². The van der Waals surface area contributed by atoms with Crippen LogP contribution in [0.4, 0.5) is 0 Å². The number of amides is 3. The molecule has 6 nitrogen and oxygen atoms in total. The maximum Gasteiger partial charge on any atom is 0.279 e. The first-order valence-corrected chi connectivity index (χ1v) is 10.4. The summed E-state index contributed by atoms with van der Waals surface area (Å²) in [6.45, 7) is 1.75. The Kier molecular flexibility index (Phi) is 6.81. The molecule has 3 rings (SSSR count). The standard InChI is InChI=1S/C21H25N3O3S/c1-14(22-20(26)15-8-4-2-5-9-15)12-19(25)23-24-21(27)18-13-16-10-6-3-7-11-17(16)28-18/h2,4-5,8-9,13-14H,3,6-7,10-12H2,1H3,(H,22,26)(H,23,25)(H,24,27). The topological polar surface area (TPSA) is 87.3 Å². The molecule has 0 aliphatic heterocycles. The lowest BCUT2D eigenvalue weighted by Gasteiger charge is -2.14. The molecule has 1 heterocycles. The summed E-state index contributed by atoms with van der Waals surface area (Å²) < 4.78 is 0. The Labute approximate surface area is 168 Å². The zero-order valence-electron chi connectivity index (χ0n) is 15.9. The van der Waals surface area contributed by atoms with Crippen molar-refractivity contribution in [1.29, 1.82) is 0 Å². The number of thiophene rings is 1. The summed E-state index contributed by atoms with van der Waals surface area (Å²) in [6.07, 6.45) is 5.67. The predicted molar refractivity (Wildman–Crippen MR) is 109 cm³/mol. The molecule has 0 saturated carbocycles. The molecule has 0 spiro atoms. The summed E-state index contributed by atoms with van der Waals surface area (Å²) in [6, 6.07) is 10.4. The minimum Gasteiger partial charge on any atom is -0.349 e. The summed E-state index contributed by atoms with van der Waals surface area (Å²) in [5.41, 5.74) is 6.71. The Balaban J connectivity index is 1.45. The quantitative estimate of drug-likeness (QED) is 0.534. The molecular weight excluding hydrogens is 374 g/mol. The van der Waals surface area contributed by atoms with E-state index in [1.54, 1.807) is 31.2 Å². The fraction of sp³-hybridized carbons (Fsp3) is 0.381. The van der Waals surface area contributed by atoms with Crippen LogP contribution >= 0.6 is 11.3 Å². The first-order chi connectivity index (χ1) is 13.5. The largest absolute Gasteiger partial charge is 0.349 e. The molecule has 1 atom stereocenters. The second-order valence-corrected chi connectivity index (χ2v) is 8.20. The first-order valence-electron chi connectivity index (χ1n) is 9.59. The minimum atomic E-state index is -0.359. The zero-order valence-corrected chi connectivity index (χ0v) is 16.7.